The number of hydrogen-bond acceptors (Lipinski definition) is 2. The third kappa shape index (κ3) is 1.66. The monoisotopic (exact) mass is 281 g/mol. The number of ketones is 1. The normalized spacial score (nSPS) is 15.5. The van der Waals surface area contributed by atoms with Gasteiger partial charge in [-0.05, 0) is 16.4 Å². The third-order valence-corrected chi connectivity index (χ3v) is 7.82. The van der Waals surface area contributed by atoms with Crippen LogP contribution >= 0.6 is 0 Å². The number of benzene rings is 2. The largest absolute Gasteiger partial charge is 0.377 e. The Kier molecular flexibility index (Phi) is 2.83. The topological polar surface area (TPSA) is 20.3 Å². The average Bonchev–Trinajstić information content (AvgIpc) is 2.44. The van der Waals surface area contributed by atoms with E-state index in [0.29, 0.717) is 0 Å². The predicted octanol–water partition coefficient (Wildman–Crippen LogP) is 2.12. The maximum atomic E-state index is 12.9. The molecule has 0 aliphatic carbocycles. The van der Waals surface area contributed by atoms with Crippen molar-refractivity contribution in [1.29, 1.82) is 0 Å². The summed E-state index contributed by atoms with van der Waals surface area (Å²) in [6.07, 6.45) is 0. The molecule has 0 unspecified atom stereocenters. The van der Waals surface area contributed by atoms with Gasteiger partial charge in [0.15, 0.2) is 5.78 Å². The number of nitrogens with zero attached hydrogens (tertiary/aromatic N) is 1. The fourth-order valence-corrected chi connectivity index (χ4v) is 6.23. The smallest absolute Gasteiger partial charge is 0.194 e. The standard InChI is InChI=1S/C17H19NOSi/c1-18(2)13-9-7-11-15-16(13)17(19)12-8-5-6-10-14(12)20(15,3)4/h5-11H,1-4H3. The highest BCUT2D eigenvalue weighted by molar-refractivity contribution is 7.02. The lowest BCUT2D eigenvalue weighted by Crippen LogP contribution is -2.60. The van der Waals surface area contributed by atoms with E-state index in [9.17, 15) is 4.79 Å². The van der Waals surface area contributed by atoms with Crippen molar-refractivity contribution in [3.63, 3.8) is 0 Å². The van der Waals surface area contributed by atoms with Crippen molar-refractivity contribution in [3.05, 3.63) is 53.6 Å². The van der Waals surface area contributed by atoms with Crippen molar-refractivity contribution < 1.29 is 4.79 Å². The highest BCUT2D eigenvalue weighted by Crippen LogP contribution is 2.26. The molecule has 0 saturated carbocycles. The summed E-state index contributed by atoms with van der Waals surface area (Å²) >= 11 is 0. The second kappa shape index (κ2) is 4.32. The Morgan fingerprint density at radius 2 is 1.55 bits per heavy atom. The first-order chi connectivity index (χ1) is 9.44. The Bertz CT molecular complexity index is 704. The summed E-state index contributed by atoms with van der Waals surface area (Å²) in [7, 11) is 2.20. The van der Waals surface area contributed by atoms with Crippen molar-refractivity contribution in [2.24, 2.45) is 0 Å². The van der Waals surface area contributed by atoms with Gasteiger partial charge in [0.1, 0.15) is 8.07 Å². The van der Waals surface area contributed by atoms with Crippen molar-refractivity contribution in [1.82, 2.24) is 0 Å². The van der Waals surface area contributed by atoms with Gasteiger partial charge in [0, 0.05) is 30.9 Å². The van der Waals surface area contributed by atoms with Crippen LogP contribution in [-0.2, 0) is 0 Å². The number of rotatable bonds is 1. The Hall–Kier alpha value is -1.87. The van der Waals surface area contributed by atoms with Crippen LogP contribution in [0.5, 0.6) is 0 Å². The Labute approximate surface area is 121 Å². The fourth-order valence-electron chi connectivity index (χ4n) is 3.18. The zero-order valence-electron chi connectivity index (χ0n) is 12.4. The molecule has 2 aromatic rings. The molecule has 3 rings (SSSR count). The van der Waals surface area contributed by atoms with E-state index < -0.39 is 8.07 Å². The Morgan fingerprint density at radius 1 is 0.900 bits per heavy atom. The van der Waals surface area contributed by atoms with Gasteiger partial charge in [0.05, 0.1) is 0 Å². The van der Waals surface area contributed by atoms with Crippen LogP contribution in [0, 0.1) is 0 Å². The fraction of sp³-hybridized carbons (Fsp3) is 0.235. The zero-order chi connectivity index (χ0) is 14.5. The molecule has 0 atom stereocenters. The number of anilines is 1. The first kappa shape index (κ1) is 13.1. The average molecular weight is 281 g/mol. The van der Waals surface area contributed by atoms with E-state index in [2.05, 4.69) is 31.3 Å². The quantitative estimate of drug-likeness (QED) is 0.746. The molecule has 0 saturated heterocycles. The molecule has 1 heterocycles. The van der Waals surface area contributed by atoms with Gasteiger partial charge in [-0.1, -0.05) is 49.5 Å². The number of fused-ring (bicyclic) bond motifs is 2. The van der Waals surface area contributed by atoms with Crippen LogP contribution in [0.1, 0.15) is 15.9 Å². The van der Waals surface area contributed by atoms with Gasteiger partial charge >= 0.3 is 0 Å². The lowest BCUT2D eigenvalue weighted by Gasteiger charge is -2.34. The van der Waals surface area contributed by atoms with Gasteiger partial charge < -0.3 is 4.90 Å². The summed E-state index contributed by atoms with van der Waals surface area (Å²) in [5.41, 5.74) is 2.83. The molecule has 0 bridgehead atoms. The van der Waals surface area contributed by atoms with Crippen LogP contribution in [0.3, 0.4) is 0 Å². The van der Waals surface area contributed by atoms with Crippen LogP contribution in [0.4, 0.5) is 5.69 Å². The molecule has 0 N–H and O–H groups in total. The van der Waals surface area contributed by atoms with Gasteiger partial charge in [0.2, 0.25) is 0 Å². The number of carbonyl (C=O) groups is 1. The van der Waals surface area contributed by atoms with E-state index in [0.717, 1.165) is 16.8 Å². The highest BCUT2D eigenvalue weighted by Gasteiger charge is 2.39. The molecule has 1 aliphatic rings. The van der Waals surface area contributed by atoms with Gasteiger partial charge in [-0.15, -0.1) is 0 Å². The molecular formula is C17H19NOSi. The van der Waals surface area contributed by atoms with Crippen LogP contribution in [-0.4, -0.2) is 28.0 Å². The molecule has 1 aliphatic heterocycles. The van der Waals surface area contributed by atoms with Gasteiger partial charge in [0.25, 0.3) is 0 Å². The minimum absolute atomic E-state index is 0.173. The summed E-state index contributed by atoms with van der Waals surface area (Å²) in [4.78, 5) is 15.0. The SMILES string of the molecule is CN(C)c1cccc2c1C(=O)c1ccccc1[Si]2(C)C. The number of carbonyl (C=O) groups excluding carboxylic acids is 1. The van der Waals surface area contributed by atoms with E-state index >= 15 is 0 Å². The molecule has 0 amide bonds. The lowest BCUT2D eigenvalue weighted by molar-refractivity contribution is 0.104. The van der Waals surface area contributed by atoms with Gasteiger partial charge in [-0.3, -0.25) is 4.79 Å². The first-order valence-corrected chi connectivity index (χ1v) is 9.89. The van der Waals surface area contributed by atoms with Gasteiger partial charge in [-0.2, -0.15) is 0 Å². The summed E-state index contributed by atoms with van der Waals surface area (Å²) in [6.45, 7) is 4.66. The molecule has 3 heteroatoms. The summed E-state index contributed by atoms with van der Waals surface area (Å²) in [5, 5.41) is 2.51. The van der Waals surface area contributed by atoms with Crippen molar-refractivity contribution >= 4 is 29.9 Å². The lowest BCUT2D eigenvalue weighted by atomic mass is 10.00. The molecule has 0 fully saturated rings. The molecular weight excluding hydrogens is 262 g/mol. The summed E-state index contributed by atoms with van der Waals surface area (Å²) < 4.78 is 0. The zero-order valence-corrected chi connectivity index (χ0v) is 13.4. The van der Waals surface area contributed by atoms with E-state index in [1.807, 2.05) is 43.3 Å². The molecule has 0 radical (unpaired) electrons. The third-order valence-electron chi connectivity index (χ3n) is 4.27. The van der Waals surface area contributed by atoms with E-state index in [-0.39, 0.29) is 5.78 Å². The maximum absolute atomic E-state index is 12.9. The molecule has 0 spiro atoms. The van der Waals surface area contributed by atoms with Crippen molar-refractivity contribution in [2.75, 3.05) is 19.0 Å². The van der Waals surface area contributed by atoms with E-state index in [1.54, 1.807) is 0 Å². The maximum Gasteiger partial charge on any atom is 0.194 e. The highest BCUT2D eigenvalue weighted by atomic mass is 28.3. The molecule has 2 nitrogen and oxygen atoms in total. The predicted molar refractivity (Wildman–Crippen MR) is 87.4 cm³/mol. The minimum atomic E-state index is -1.80. The van der Waals surface area contributed by atoms with Crippen molar-refractivity contribution in [3.8, 4) is 0 Å². The molecule has 2 aromatic carbocycles. The van der Waals surface area contributed by atoms with Crippen LogP contribution < -0.4 is 15.3 Å². The van der Waals surface area contributed by atoms with Crippen LogP contribution in [0.25, 0.3) is 0 Å². The summed E-state index contributed by atoms with van der Waals surface area (Å²) in [5.74, 6) is 0.173. The Balaban J connectivity index is 2.37. The molecule has 20 heavy (non-hydrogen) atoms. The van der Waals surface area contributed by atoms with Crippen LogP contribution in [0.15, 0.2) is 42.5 Å². The van der Waals surface area contributed by atoms with E-state index in [4.69, 9.17) is 0 Å². The minimum Gasteiger partial charge on any atom is -0.377 e. The van der Waals surface area contributed by atoms with Crippen LogP contribution in [0.2, 0.25) is 13.1 Å². The second-order valence-electron chi connectivity index (χ2n) is 6.09. The van der Waals surface area contributed by atoms with E-state index in [1.165, 1.54) is 10.4 Å². The Morgan fingerprint density at radius 3 is 2.25 bits per heavy atom. The van der Waals surface area contributed by atoms with Gasteiger partial charge in [-0.25, -0.2) is 0 Å². The van der Waals surface area contributed by atoms with Crippen molar-refractivity contribution in [2.45, 2.75) is 13.1 Å². The second-order valence-corrected chi connectivity index (χ2v) is 10.4. The number of hydrogen-bond donors (Lipinski definition) is 0. The molecule has 0 aromatic heterocycles. The molecule has 102 valence electrons. The first-order valence-electron chi connectivity index (χ1n) is 6.89. The summed E-state index contributed by atoms with van der Waals surface area (Å²) in [6, 6.07) is 14.4.